The van der Waals surface area contributed by atoms with E-state index in [0.717, 1.165) is 25.9 Å². The second kappa shape index (κ2) is 7.58. The third kappa shape index (κ3) is 4.19. The molecule has 0 aliphatic carbocycles. The van der Waals surface area contributed by atoms with E-state index in [2.05, 4.69) is 18.7 Å². The zero-order chi connectivity index (χ0) is 16.1. The molecular weight excluding hydrogens is 285 g/mol. The van der Waals surface area contributed by atoms with Gasteiger partial charge in [0.05, 0.1) is 5.92 Å². The molecule has 1 aliphatic rings. The second-order valence-electron chi connectivity index (χ2n) is 6.15. The molecule has 4 nitrogen and oxygen atoms in total. The van der Waals surface area contributed by atoms with E-state index in [1.54, 1.807) is 12.1 Å². The Kier molecular flexibility index (Phi) is 5.77. The number of hydrogen-bond donors (Lipinski definition) is 1. The number of carboxylic acid groups (broad SMARTS) is 1. The molecule has 1 saturated heterocycles. The maximum absolute atomic E-state index is 13.5. The van der Waals surface area contributed by atoms with Crippen LogP contribution in [-0.2, 0) is 4.79 Å². The topological polar surface area (TPSA) is 49.8 Å². The van der Waals surface area contributed by atoms with Gasteiger partial charge in [-0.2, -0.15) is 0 Å². The monoisotopic (exact) mass is 309 g/mol. The van der Waals surface area contributed by atoms with Crippen LogP contribution in [0.2, 0.25) is 0 Å². The van der Waals surface area contributed by atoms with E-state index in [9.17, 15) is 14.3 Å². The Bertz CT molecular complexity index is 498. The van der Waals surface area contributed by atoms with Crippen molar-refractivity contribution in [2.24, 2.45) is 11.8 Å². The van der Waals surface area contributed by atoms with Gasteiger partial charge in [0.25, 0.3) is 0 Å². The van der Waals surface area contributed by atoms with Gasteiger partial charge >= 0.3 is 5.97 Å². The van der Waals surface area contributed by atoms with Gasteiger partial charge in [-0.3, -0.25) is 4.79 Å². The van der Waals surface area contributed by atoms with Gasteiger partial charge < -0.3 is 14.7 Å². The molecule has 1 aromatic rings. The SMILES string of the molecule is CC(C)N1CCC(C(COc2ccccc2F)C(=O)O)CC1. The average molecular weight is 309 g/mol. The molecule has 5 heteroatoms. The maximum Gasteiger partial charge on any atom is 0.310 e. The van der Waals surface area contributed by atoms with E-state index < -0.39 is 17.7 Å². The highest BCUT2D eigenvalue weighted by Gasteiger charge is 2.32. The van der Waals surface area contributed by atoms with Crippen LogP contribution in [-0.4, -0.2) is 41.7 Å². The first-order valence-corrected chi connectivity index (χ1v) is 7.83. The Labute approximate surface area is 130 Å². The summed E-state index contributed by atoms with van der Waals surface area (Å²) in [6, 6.07) is 6.58. The number of hydrogen-bond acceptors (Lipinski definition) is 3. The second-order valence-corrected chi connectivity index (χ2v) is 6.15. The molecule has 122 valence electrons. The molecule has 1 atom stereocenters. The predicted octanol–water partition coefficient (Wildman–Crippen LogP) is 3.03. The van der Waals surface area contributed by atoms with Gasteiger partial charge in [-0.25, -0.2) is 4.39 Å². The Balaban J connectivity index is 1.94. The average Bonchev–Trinajstić information content (AvgIpc) is 2.49. The van der Waals surface area contributed by atoms with Crippen LogP contribution in [0.5, 0.6) is 5.75 Å². The third-order valence-corrected chi connectivity index (χ3v) is 4.45. The normalized spacial score (nSPS) is 18.4. The summed E-state index contributed by atoms with van der Waals surface area (Å²) in [5, 5.41) is 9.46. The van der Waals surface area contributed by atoms with Crippen LogP contribution < -0.4 is 4.74 Å². The first-order chi connectivity index (χ1) is 10.5. The summed E-state index contributed by atoms with van der Waals surface area (Å²) >= 11 is 0. The lowest BCUT2D eigenvalue weighted by molar-refractivity contribution is -0.145. The van der Waals surface area contributed by atoms with Crippen molar-refractivity contribution in [1.82, 2.24) is 4.90 Å². The van der Waals surface area contributed by atoms with Gasteiger partial charge in [-0.15, -0.1) is 0 Å². The minimum Gasteiger partial charge on any atom is -0.490 e. The molecule has 0 amide bonds. The molecular formula is C17H24FNO3. The molecule has 1 heterocycles. The van der Waals surface area contributed by atoms with E-state index in [0.29, 0.717) is 6.04 Å². The smallest absolute Gasteiger partial charge is 0.310 e. The molecule has 22 heavy (non-hydrogen) atoms. The largest absolute Gasteiger partial charge is 0.490 e. The van der Waals surface area contributed by atoms with Crippen molar-refractivity contribution in [1.29, 1.82) is 0 Å². The highest BCUT2D eigenvalue weighted by Crippen LogP contribution is 2.27. The molecule has 0 bridgehead atoms. The number of para-hydroxylation sites is 1. The lowest BCUT2D eigenvalue weighted by Crippen LogP contribution is -2.42. The molecule has 0 radical (unpaired) electrons. The molecule has 0 spiro atoms. The number of benzene rings is 1. The summed E-state index contributed by atoms with van der Waals surface area (Å²) in [6.07, 6.45) is 1.69. The quantitative estimate of drug-likeness (QED) is 0.877. The molecule has 1 fully saturated rings. The third-order valence-electron chi connectivity index (χ3n) is 4.45. The van der Waals surface area contributed by atoms with E-state index >= 15 is 0 Å². The number of nitrogens with zero attached hydrogens (tertiary/aromatic N) is 1. The predicted molar refractivity (Wildman–Crippen MR) is 82.5 cm³/mol. The number of piperidine rings is 1. The highest BCUT2D eigenvalue weighted by atomic mass is 19.1. The highest BCUT2D eigenvalue weighted by molar-refractivity contribution is 5.70. The number of carbonyl (C=O) groups is 1. The minimum atomic E-state index is -0.862. The van der Waals surface area contributed by atoms with Crippen molar-refractivity contribution in [2.45, 2.75) is 32.7 Å². The fourth-order valence-electron chi connectivity index (χ4n) is 2.99. The van der Waals surface area contributed by atoms with Crippen LogP contribution in [0.4, 0.5) is 4.39 Å². The lowest BCUT2D eigenvalue weighted by Gasteiger charge is -2.36. The molecule has 0 aromatic heterocycles. The lowest BCUT2D eigenvalue weighted by atomic mass is 9.84. The fourth-order valence-corrected chi connectivity index (χ4v) is 2.99. The van der Waals surface area contributed by atoms with Crippen LogP contribution in [0.15, 0.2) is 24.3 Å². The molecule has 1 unspecified atom stereocenters. The minimum absolute atomic E-state index is 0.0165. The van der Waals surface area contributed by atoms with Gasteiger partial charge in [-0.05, 0) is 57.8 Å². The molecule has 1 aromatic carbocycles. The Morgan fingerprint density at radius 2 is 2.00 bits per heavy atom. The summed E-state index contributed by atoms with van der Waals surface area (Å²) in [5.41, 5.74) is 0. The number of halogens is 1. The van der Waals surface area contributed by atoms with Crippen molar-refractivity contribution in [3.8, 4) is 5.75 Å². The first kappa shape index (κ1) is 16.7. The molecule has 2 rings (SSSR count). The van der Waals surface area contributed by atoms with Gasteiger partial charge in [0.15, 0.2) is 11.6 Å². The van der Waals surface area contributed by atoms with E-state index in [4.69, 9.17) is 4.74 Å². The van der Waals surface area contributed by atoms with Crippen LogP contribution in [0.1, 0.15) is 26.7 Å². The zero-order valence-corrected chi connectivity index (χ0v) is 13.2. The first-order valence-electron chi connectivity index (χ1n) is 7.83. The zero-order valence-electron chi connectivity index (χ0n) is 13.2. The summed E-state index contributed by atoms with van der Waals surface area (Å²) in [6.45, 7) is 6.13. The summed E-state index contributed by atoms with van der Waals surface area (Å²) in [7, 11) is 0. The molecule has 1 N–H and O–H groups in total. The van der Waals surface area contributed by atoms with Gasteiger partial charge in [0.1, 0.15) is 6.61 Å². The standard InChI is InChI=1S/C17H24FNO3/c1-12(2)19-9-7-13(8-10-19)14(17(20)21)11-22-16-6-4-3-5-15(16)18/h3-6,12-14H,7-11H2,1-2H3,(H,20,21). The van der Waals surface area contributed by atoms with Crippen LogP contribution >= 0.6 is 0 Å². The number of likely N-dealkylation sites (tertiary alicyclic amines) is 1. The van der Waals surface area contributed by atoms with Crippen molar-refractivity contribution in [3.63, 3.8) is 0 Å². The number of carboxylic acids is 1. The van der Waals surface area contributed by atoms with Gasteiger partial charge in [0, 0.05) is 6.04 Å². The van der Waals surface area contributed by atoms with E-state index in [1.165, 1.54) is 12.1 Å². The van der Waals surface area contributed by atoms with Crippen molar-refractivity contribution >= 4 is 5.97 Å². The van der Waals surface area contributed by atoms with Gasteiger partial charge in [0.2, 0.25) is 0 Å². The number of rotatable bonds is 6. The summed E-state index contributed by atoms with van der Waals surface area (Å²) < 4.78 is 19.0. The Hall–Kier alpha value is -1.62. The Morgan fingerprint density at radius 3 is 2.55 bits per heavy atom. The van der Waals surface area contributed by atoms with Crippen molar-refractivity contribution in [3.05, 3.63) is 30.1 Å². The van der Waals surface area contributed by atoms with E-state index in [-0.39, 0.29) is 18.3 Å². The fraction of sp³-hybridized carbons (Fsp3) is 0.588. The van der Waals surface area contributed by atoms with Crippen LogP contribution in [0.25, 0.3) is 0 Å². The van der Waals surface area contributed by atoms with Crippen molar-refractivity contribution < 1.29 is 19.0 Å². The van der Waals surface area contributed by atoms with Gasteiger partial charge in [-0.1, -0.05) is 12.1 Å². The summed E-state index contributed by atoms with van der Waals surface area (Å²) in [4.78, 5) is 13.9. The Morgan fingerprint density at radius 1 is 1.36 bits per heavy atom. The van der Waals surface area contributed by atoms with Crippen molar-refractivity contribution in [2.75, 3.05) is 19.7 Å². The summed E-state index contributed by atoms with van der Waals surface area (Å²) in [5.74, 6) is -1.71. The molecule has 1 aliphatic heterocycles. The molecule has 0 saturated carbocycles. The maximum atomic E-state index is 13.5. The van der Waals surface area contributed by atoms with Crippen LogP contribution in [0.3, 0.4) is 0 Å². The van der Waals surface area contributed by atoms with E-state index in [1.807, 2.05) is 0 Å². The number of ether oxygens (including phenoxy) is 1. The van der Waals surface area contributed by atoms with Crippen LogP contribution in [0, 0.1) is 17.7 Å². The number of aliphatic carboxylic acids is 1.